The van der Waals surface area contributed by atoms with Gasteiger partial charge in [0.1, 0.15) is 5.58 Å². The highest BCUT2D eigenvalue weighted by molar-refractivity contribution is 7.20. The lowest BCUT2D eigenvalue weighted by atomic mass is 9.90. The highest BCUT2D eigenvalue weighted by Crippen LogP contribution is 2.47. The molecule has 0 atom stereocenters. The number of para-hydroxylation sites is 1. The van der Waals surface area contributed by atoms with Gasteiger partial charge in [-0.25, -0.2) is 4.79 Å². The Morgan fingerprint density at radius 3 is 1.68 bits per heavy atom. The van der Waals surface area contributed by atoms with Crippen molar-refractivity contribution in [2.24, 2.45) is 0 Å². The van der Waals surface area contributed by atoms with E-state index in [1.165, 1.54) is 19.7 Å². The van der Waals surface area contributed by atoms with E-state index < -0.39 is 0 Å². The van der Waals surface area contributed by atoms with Crippen LogP contribution in [0, 0.1) is 13.8 Å². The molecule has 0 fully saturated rings. The van der Waals surface area contributed by atoms with Crippen LogP contribution in [-0.2, 0) is 0 Å². The van der Waals surface area contributed by atoms with Gasteiger partial charge < -0.3 is 4.42 Å². The monoisotopic (exact) mass is 438 g/mol. The van der Waals surface area contributed by atoms with Gasteiger partial charge in [0, 0.05) is 52.0 Å². The smallest absolute Gasteiger partial charge is 0.344 e. The molecule has 0 aliphatic carbocycles. The van der Waals surface area contributed by atoms with Crippen LogP contribution in [0.5, 0.6) is 0 Å². The maximum absolute atomic E-state index is 13.5. The number of aryl methyl sites for hydroxylation is 2. The molecular weight excluding hydrogens is 420 g/mol. The molecule has 150 valence electrons. The molecule has 6 rings (SSSR count). The molecule has 0 bridgehead atoms. The van der Waals surface area contributed by atoms with Crippen molar-refractivity contribution in [1.82, 2.24) is 0 Å². The van der Waals surface area contributed by atoms with Gasteiger partial charge in [-0.3, -0.25) is 0 Å². The fourth-order valence-electron chi connectivity index (χ4n) is 4.59. The Morgan fingerprint density at radius 1 is 0.581 bits per heavy atom. The second-order valence-electron chi connectivity index (χ2n) is 7.69. The largest absolute Gasteiger partial charge is 0.422 e. The molecule has 3 aromatic heterocycles. The molecule has 2 nitrogen and oxygen atoms in total. The summed E-state index contributed by atoms with van der Waals surface area (Å²) in [5.74, 6) is 0. The number of rotatable bonds is 2. The molecule has 0 aliphatic rings. The molecule has 31 heavy (non-hydrogen) atoms. The molecule has 0 radical (unpaired) electrons. The molecule has 0 aliphatic heterocycles. The zero-order valence-corrected chi connectivity index (χ0v) is 18.7. The van der Waals surface area contributed by atoms with E-state index in [9.17, 15) is 4.79 Å². The molecule has 0 saturated heterocycles. The van der Waals surface area contributed by atoms with Crippen molar-refractivity contribution in [3.05, 3.63) is 93.0 Å². The number of thiophene rings is 2. The summed E-state index contributed by atoms with van der Waals surface area (Å²) >= 11 is 3.50. The normalized spacial score (nSPS) is 11.7. The third-order valence-corrected chi connectivity index (χ3v) is 8.03. The lowest BCUT2D eigenvalue weighted by molar-refractivity contribution is 0.564. The third-order valence-electron chi connectivity index (χ3n) is 5.86. The van der Waals surface area contributed by atoms with Gasteiger partial charge in [-0.05, 0) is 32.0 Å². The molecule has 4 heteroatoms. The van der Waals surface area contributed by atoms with Crippen molar-refractivity contribution in [3.63, 3.8) is 0 Å². The SMILES string of the molecule is Cc1sc2ccccc2c1-c1c(-c2c(C)sc3ccccc23)c2ccccc2oc1=O. The molecule has 3 heterocycles. The second kappa shape index (κ2) is 6.91. The van der Waals surface area contributed by atoms with Gasteiger partial charge in [-0.1, -0.05) is 54.6 Å². The van der Waals surface area contributed by atoms with Crippen LogP contribution >= 0.6 is 22.7 Å². The molecule has 0 N–H and O–H groups in total. The van der Waals surface area contributed by atoms with Gasteiger partial charge in [-0.2, -0.15) is 0 Å². The molecular formula is C27H18O2S2. The molecule has 3 aromatic carbocycles. The first-order chi connectivity index (χ1) is 15.1. The fourth-order valence-corrected chi connectivity index (χ4v) is 6.73. The fraction of sp³-hybridized carbons (Fsp3) is 0.0741. The van der Waals surface area contributed by atoms with Gasteiger partial charge in [0.2, 0.25) is 0 Å². The van der Waals surface area contributed by atoms with Crippen LogP contribution in [0.2, 0.25) is 0 Å². The Bertz CT molecular complexity index is 1680. The average Bonchev–Trinajstić information content (AvgIpc) is 3.28. The minimum absolute atomic E-state index is 0.282. The molecule has 0 amide bonds. The average molecular weight is 439 g/mol. The van der Waals surface area contributed by atoms with Crippen LogP contribution in [0.3, 0.4) is 0 Å². The maximum atomic E-state index is 13.5. The number of fused-ring (bicyclic) bond motifs is 3. The standard InChI is InChI=1S/C27H18O2S2/c1-15-23(18-10-4-7-13-21(18)30-15)25-17-9-3-6-12-20(17)29-27(28)26(25)24-16(2)31-22-14-8-5-11-19(22)24/h3-14H,1-2H3. The number of benzene rings is 3. The van der Waals surface area contributed by atoms with Crippen LogP contribution in [0.1, 0.15) is 9.75 Å². The maximum Gasteiger partial charge on any atom is 0.344 e. The van der Waals surface area contributed by atoms with Gasteiger partial charge >= 0.3 is 5.63 Å². The van der Waals surface area contributed by atoms with E-state index in [0.717, 1.165) is 32.3 Å². The first-order valence-electron chi connectivity index (χ1n) is 10.2. The second-order valence-corrected chi connectivity index (χ2v) is 10.2. The van der Waals surface area contributed by atoms with E-state index in [2.05, 4.69) is 56.3 Å². The highest BCUT2D eigenvalue weighted by atomic mass is 32.1. The summed E-state index contributed by atoms with van der Waals surface area (Å²) in [7, 11) is 0. The summed E-state index contributed by atoms with van der Waals surface area (Å²) in [5, 5.41) is 3.25. The zero-order valence-electron chi connectivity index (χ0n) is 17.1. The van der Waals surface area contributed by atoms with Crippen LogP contribution in [0.4, 0.5) is 0 Å². The van der Waals surface area contributed by atoms with Crippen molar-refractivity contribution in [2.45, 2.75) is 13.8 Å². The van der Waals surface area contributed by atoms with Crippen LogP contribution < -0.4 is 5.63 Å². The van der Waals surface area contributed by atoms with E-state index in [0.29, 0.717) is 11.1 Å². The van der Waals surface area contributed by atoms with E-state index in [1.54, 1.807) is 22.7 Å². The minimum atomic E-state index is -0.282. The van der Waals surface area contributed by atoms with Gasteiger partial charge in [0.05, 0.1) is 5.56 Å². The van der Waals surface area contributed by atoms with E-state index in [1.807, 2.05) is 30.3 Å². The minimum Gasteiger partial charge on any atom is -0.422 e. The van der Waals surface area contributed by atoms with Gasteiger partial charge in [-0.15, -0.1) is 22.7 Å². The molecule has 0 unspecified atom stereocenters. The predicted molar refractivity (Wildman–Crippen MR) is 134 cm³/mol. The molecule has 0 saturated carbocycles. The van der Waals surface area contributed by atoms with Gasteiger partial charge in [0.15, 0.2) is 0 Å². The molecule has 6 aromatic rings. The number of hydrogen-bond acceptors (Lipinski definition) is 4. The van der Waals surface area contributed by atoms with Gasteiger partial charge in [0.25, 0.3) is 0 Å². The van der Waals surface area contributed by atoms with Crippen molar-refractivity contribution in [3.8, 4) is 22.3 Å². The summed E-state index contributed by atoms with van der Waals surface area (Å²) in [6, 6.07) is 24.6. The quantitative estimate of drug-likeness (QED) is 0.255. The van der Waals surface area contributed by atoms with Crippen molar-refractivity contribution in [1.29, 1.82) is 0 Å². The number of hydrogen-bond donors (Lipinski definition) is 0. The topological polar surface area (TPSA) is 30.2 Å². The van der Waals surface area contributed by atoms with E-state index in [-0.39, 0.29) is 5.63 Å². The Morgan fingerprint density at radius 2 is 1.06 bits per heavy atom. The lowest BCUT2D eigenvalue weighted by Gasteiger charge is -2.13. The first-order valence-corrected chi connectivity index (χ1v) is 11.8. The molecule has 0 spiro atoms. The van der Waals surface area contributed by atoms with Crippen molar-refractivity contribution >= 4 is 53.8 Å². The predicted octanol–water partition coefficient (Wildman–Crippen LogP) is 8.17. The summed E-state index contributed by atoms with van der Waals surface area (Å²) in [5.41, 5.74) is 4.11. The summed E-state index contributed by atoms with van der Waals surface area (Å²) in [6.07, 6.45) is 0. The summed E-state index contributed by atoms with van der Waals surface area (Å²) in [6.45, 7) is 4.24. The summed E-state index contributed by atoms with van der Waals surface area (Å²) in [4.78, 5) is 15.9. The van der Waals surface area contributed by atoms with E-state index in [4.69, 9.17) is 4.42 Å². The van der Waals surface area contributed by atoms with E-state index >= 15 is 0 Å². The first kappa shape index (κ1) is 18.6. The van der Waals surface area contributed by atoms with Crippen LogP contribution in [-0.4, -0.2) is 0 Å². The van der Waals surface area contributed by atoms with Crippen LogP contribution in [0.15, 0.2) is 82.0 Å². The highest BCUT2D eigenvalue weighted by Gasteiger charge is 2.25. The zero-order chi connectivity index (χ0) is 21.1. The van der Waals surface area contributed by atoms with Crippen LogP contribution in [0.25, 0.3) is 53.4 Å². The lowest BCUT2D eigenvalue weighted by Crippen LogP contribution is -2.06. The summed E-state index contributed by atoms with van der Waals surface area (Å²) < 4.78 is 8.27. The Hall–Kier alpha value is -3.21. The van der Waals surface area contributed by atoms with Crippen molar-refractivity contribution < 1.29 is 4.42 Å². The Kier molecular flexibility index (Phi) is 4.13. The Labute approximate surface area is 187 Å². The Balaban J connectivity index is 1.87. The third kappa shape index (κ3) is 2.72. The van der Waals surface area contributed by atoms with Crippen molar-refractivity contribution in [2.75, 3.05) is 0 Å².